The molecule has 1 saturated heterocycles. The quantitative estimate of drug-likeness (QED) is 0.415. The van der Waals surface area contributed by atoms with Gasteiger partial charge in [0, 0.05) is 0 Å². The van der Waals surface area contributed by atoms with Crippen molar-refractivity contribution >= 4 is 25.6 Å². The maximum absolute atomic E-state index is 12.0. The van der Waals surface area contributed by atoms with Gasteiger partial charge in [-0.05, 0) is 0 Å². The summed E-state index contributed by atoms with van der Waals surface area (Å²) in [4.78, 5) is 23.2. The van der Waals surface area contributed by atoms with Gasteiger partial charge in [0.1, 0.15) is 0 Å². The van der Waals surface area contributed by atoms with Crippen molar-refractivity contribution in [3.8, 4) is 5.75 Å². The van der Waals surface area contributed by atoms with Gasteiger partial charge in [-0.15, -0.1) is 0 Å². The zero-order valence-corrected chi connectivity index (χ0v) is 16.1. The summed E-state index contributed by atoms with van der Waals surface area (Å²) in [6.45, 7) is 3.83. The molecule has 1 saturated carbocycles. The Labute approximate surface area is 149 Å². The van der Waals surface area contributed by atoms with Crippen LogP contribution in [0.3, 0.4) is 0 Å². The number of ether oxygens (including phenoxy) is 1. The molecule has 24 heavy (non-hydrogen) atoms. The number of hydrogen-bond donors (Lipinski definition) is 0. The second kappa shape index (κ2) is 6.00. The summed E-state index contributed by atoms with van der Waals surface area (Å²) in [6, 6.07) is 6.20. The molecule has 0 aromatic heterocycles. The molecular formula is C20H24O3Se. The molecule has 0 radical (unpaired) electrons. The van der Waals surface area contributed by atoms with Crippen LogP contribution in [0.1, 0.15) is 63.0 Å². The predicted octanol–water partition coefficient (Wildman–Crippen LogP) is 3.87. The summed E-state index contributed by atoms with van der Waals surface area (Å²) in [5.41, 5.74) is 2.82. The molecule has 0 bridgehead atoms. The fourth-order valence-electron chi connectivity index (χ4n) is 5.31. The van der Waals surface area contributed by atoms with Crippen LogP contribution < -0.4 is 4.74 Å². The van der Waals surface area contributed by atoms with E-state index in [9.17, 15) is 9.59 Å². The SMILES string of the molecule is CC(=O)Oc1ccc2c(c1)CCC1C2CCC2(C)[Se]C(=O)CCC12. The first-order valence-electron chi connectivity index (χ1n) is 8.99. The molecule has 4 heteroatoms. The zero-order chi connectivity index (χ0) is 16.9. The number of fused-ring (bicyclic) bond motifs is 5. The summed E-state index contributed by atoms with van der Waals surface area (Å²) < 4.78 is 6.08. The molecule has 3 nitrogen and oxygen atoms in total. The molecular weight excluding hydrogens is 367 g/mol. The third kappa shape index (κ3) is 2.74. The van der Waals surface area contributed by atoms with Crippen molar-refractivity contribution in [1.82, 2.24) is 0 Å². The normalized spacial score (nSPS) is 34.8. The van der Waals surface area contributed by atoms with Gasteiger partial charge in [0.05, 0.1) is 0 Å². The first-order chi connectivity index (χ1) is 11.5. The van der Waals surface area contributed by atoms with E-state index in [1.807, 2.05) is 6.07 Å². The van der Waals surface area contributed by atoms with Gasteiger partial charge in [-0.25, -0.2) is 0 Å². The molecule has 2 aliphatic carbocycles. The third-order valence-corrected chi connectivity index (χ3v) is 9.25. The summed E-state index contributed by atoms with van der Waals surface area (Å²) in [7, 11) is 0. The van der Waals surface area contributed by atoms with Gasteiger partial charge in [-0.3, -0.25) is 0 Å². The summed E-state index contributed by atoms with van der Waals surface area (Å²) in [5.74, 6) is 2.49. The predicted molar refractivity (Wildman–Crippen MR) is 93.4 cm³/mol. The van der Waals surface area contributed by atoms with Crippen LogP contribution in [0, 0.1) is 11.8 Å². The Hall–Kier alpha value is -1.12. The van der Waals surface area contributed by atoms with Gasteiger partial charge in [-0.2, -0.15) is 0 Å². The van der Waals surface area contributed by atoms with Gasteiger partial charge < -0.3 is 0 Å². The van der Waals surface area contributed by atoms with E-state index in [-0.39, 0.29) is 20.9 Å². The van der Waals surface area contributed by atoms with Crippen molar-refractivity contribution < 1.29 is 14.3 Å². The Morgan fingerprint density at radius 2 is 2.08 bits per heavy atom. The van der Waals surface area contributed by atoms with Crippen LogP contribution in [0.2, 0.25) is 4.31 Å². The van der Waals surface area contributed by atoms with Crippen LogP contribution in [0.15, 0.2) is 18.2 Å². The van der Waals surface area contributed by atoms with Crippen molar-refractivity contribution in [2.24, 2.45) is 11.8 Å². The Morgan fingerprint density at radius 1 is 1.25 bits per heavy atom. The van der Waals surface area contributed by atoms with E-state index in [2.05, 4.69) is 19.1 Å². The van der Waals surface area contributed by atoms with Crippen molar-refractivity contribution in [1.29, 1.82) is 0 Å². The number of aryl methyl sites for hydroxylation is 1. The Kier molecular flexibility index (Phi) is 4.09. The van der Waals surface area contributed by atoms with Crippen LogP contribution in [0.4, 0.5) is 0 Å². The number of carbonyl (C=O) groups excluding carboxylic acids is 2. The van der Waals surface area contributed by atoms with Crippen molar-refractivity contribution in [2.45, 2.75) is 62.6 Å². The molecule has 1 aromatic rings. The van der Waals surface area contributed by atoms with Crippen LogP contribution in [0.5, 0.6) is 5.75 Å². The van der Waals surface area contributed by atoms with Gasteiger partial charge in [-0.1, -0.05) is 0 Å². The molecule has 2 fully saturated rings. The van der Waals surface area contributed by atoms with Crippen LogP contribution in [0.25, 0.3) is 0 Å². The molecule has 4 atom stereocenters. The number of rotatable bonds is 1. The monoisotopic (exact) mass is 392 g/mol. The Morgan fingerprint density at radius 3 is 2.88 bits per heavy atom. The molecule has 1 heterocycles. The van der Waals surface area contributed by atoms with Gasteiger partial charge in [0.25, 0.3) is 0 Å². The minimum atomic E-state index is -0.258. The molecule has 4 rings (SSSR count). The minimum absolute atomic E-state index is 0.167. The van der Waals surface area contributed by atoms with Gasteiger partial charge in [0.2, 0.25) is 0 Å². The van der Waals surface area contributed by atoms with E-state index in [0.29, 0.717) is 20.7 Å². The second-order valence-electron chi connectivity index (χ2n) is 7.73. The van der Waals surface area contributed by atoms with E-state index in [1.165, 1.54) is 37.3 Å². The fourth-order valence-corrected chi connectivity index (χ4v) is 8.25. The summed E-state index contributed by atoms with van der Waals surface area (Å²) in [6.07, 6.45) is 6.58. The van der Waals surface area contributed by atoms with Crippen LogP contribution in [-0.4, -0.2) is 25.6 Å². The molecule has 0 N–H and O–H groups in total. The molecule has 3 aliphatic rings. The standard InChI is InChI=1S/C20H24O3Se/c1-12(21)23-14-4-6-15-13(11-14)3-5-17-16(15)9-10-20(2)18(17)7-8-19(22)24-20/h4,6,11,16-18H,3,5,7-10H2,1-2H3. The van der Waals surface area contributed by atoms with E-state index >= 15 is 0 Å². The van der Waals surface area contributed by atoms with Gasteiger partial charge >= 0.3 is 149 Å². The van der Waals surface area contributed by atoms with Crippen molar-refractivity contribution in [3.05, 3.63) is 29.3 Å². The maximum atomic E-state index is 12.0. The molecule has 1 aliphatic heterocycles. The first kappa shape index (κ1) is 16.4. The number of hydrogen-bond acceptors (Lipinski definition) is 3. The van der Waals surface area contributed by atoms with E-state index in [1.54, 1.807) is 0 Å². The summed E-state index contributed by atoms with van der Waals surface area (Å²) in [5, 5.41) is 0. The molecule has 0 amide bonds. The summed E-state index contributed by atoms with van der Waals surface area (Å²) >= 11 is 0.167. The Balaban J connectivity index is 1.62. The van der Waals surface area contributed by atoms with Gasteiger partial charge in [0.15, 0.2) is 0 Å². The molecule has 4 unspecified atom stereocenters. The number of esters is 1. The van der Waals surface area contributed by atoms with Crippen molar-refractivity contribution in [2.75, 3.05) is 0 Å². The van der Waals surface area contributed by atoms with E-state index < -0.39 is 0 Å². The van der Waals surface area contributed by atoms with Crippen LogP contribution in [-0.2, 0) is 16.0 Å². The molecule has 1 aromatic carbocycles. The third-order valence-electron chi connectivity index (χ3n) is 6.30. The average Bonchev–Trinajstić information content (AvgIpc) is 2.52. The first-order valence-corrected chi connectivity index (χ1v) is 10.7. The second-order valence-corrected chi connectivity index (χ2v) is 11.1. The number of carbonyl (C=O) groups is 2. The van der Waals surface area contributed by atoms with E-state index in [4.69, 9.17) is 4.74 Å². The van der Waals surface area contributed by atoms with Crippen molar-refractivity contribution in [3.63, 3.8) is 0 Å². The molecule has 128 valence electrons. The fraction of sp³-hybridized carbons (Fsp3) is 0.600. The zero-order valence-electron chi connectivity index (χ0n) is 14.3. The van der Waals surface area contributed by atoms with E-state index in [0.717, 1.165) is 31.1 Å². The van der Waals surface area contributed by atoms with Crippen LogP contribution >= 0.6 is 0 Å². The molecule has 0 spiro atoms. The average molecular weight is 391 g/mol. The Bertz CT molecular complexity index is 698. The topological polar surface area (TPSA) is 43.4 Å². The number of benzene rings is 1.